The number of sulfonamides is 1. The summed E-state index contributed by atoms with van der Waals surface area (Å²) in [6.45, 7) is 0.535. The molecule has 0 aliphatic heterocycles. The van der Waals surface area contributed by atoms with Gasteiger partial charge in [-0.3, -0.25) is 4.79 Å². The maximum Gasteiger partial charge on any atom is 0.251 e. The van der Waals surface area contributed by atoms with Crippen molar-refractivity contribution in [2.75, 3.05) is 12.3 Å². The Morgan fingerprint density at radius 1 is 1.20 bits per heavy atom. The van der Waals surface area contributed by atoms with Crippen LogP contribution in [0.2, 0.25) is 0 Å². The van der Waals surface area contributed by atoms with Gasteiger partial charge in [-0.15, -0.1) is 0 Å². The molecule has 6 nitrogen and oxygen atoms in total. The highest BCUT2D eigenvalue weighted by atomic mass is 32.2. The Morgan fingerprint density at radius 2 is 1.96 bits per heavy atom. The highest BCUT2D eigenvalue weighted by Crippen LogP contribution is 2.22. The molecule has 1 fully saturated rings. The van der Waals surface area contributed by atoms with E-state index in [1.807, 2.05) is 12.1 Å². The van der Waals surface area contributed by atoms with Gasteiger partial charge in [0.1, 0.15) is 5.76 Å². The van der Waals surface area contributed by atoms with E-state index in [0.29, 0.717) is 12.1 Å². The summed E-state index contributed by atoms with van der Waals surface area (Å²) in [5.74, 6) is 2.24. The summed E-state index contributed by atoms with van der Waals surface area (Å²) < 4.78 is 32.0. The van der Waals surface area contributed by atoms with E-state index in [4.69, 9.17) is 4.42 Å². The van der Waals surface area contributed by atoms with Gasteiger partial charge < -0.3 is 9.73 Å². The monoisotopic (exact) mass is 380 g/mol. The standard InChI is InChI=1S/C17H20N2O4S2/c20-17(18-9-11-24-12-15-2-1-10-23-15)13-3-7-16(8-4-13)25(21,22)19-14-5-6-14/h1-4,7-8,10,14,19H,5-6,9,11-12H2,(H,18,20). The molecular formula is C17H20N2O4S2. The largest absolute Gasteiger partial charge is 0.468 e. The Hall–Kier alpha value is -1.77. The predicted octanol–water partition coefficient (Wildman–Crippen LogP) is 2.38. The maximum atomic E-state index is 12.1. The Kier molecular flexibility index (Phi) is 5.82. The molecule has 3 rings (SSSR count). The van der Waals surface area contributed by atoms with Crippen molar-refractivity contribution in [3.63, 3.8) is 0 Å². The van der Waals surface area contributed by atoms with Gasteiger partial charge in [-0.25, -0.2) is 13.1 Å². The number of nitrogens with one attached hydrogen (secondary N) is 2. The second-order valence-electron chi connectivity index (χ2n) is 5.81. The van der Waals surface area contributed by atoms with Gasteiger partial charge in [0.05, 0.1) is 16.9 Å². The summed E-state index contributed by atoms with van der Waals surface area (Å²) in [5, 5.41) is 2.82. The highest BCUT2D eigenvalue weighted by Gasteiger charge is 2.27. The minimum Gasteiger partial charge on any atom is -0.468 e. The number of rotatable bonds is 9. The van der Waals surface area contributed by atoms with Crippen LogP contribution >= 0.6 is 11.8 Å². The molecule has 0 spiro atoms. The van der Waals surface area contributed by atoms with Gasteiger partial charge in [0.15, 0.2) is 0 Å². The molecule has 25 heavy (non-hydrogen) atoms. The van der Waals surface area contributed by atoms with Crippen molar-refractivity contribution in [2.24, 2.45) is 0 Å². The second kappa shape index (κ2) is 8.07. The van der Waals surface area contributed by atoms with E-state index < -0.39 is 10.0 Å². The molecule has 0 bridgehead atoms. The number of furan rings is 1. The Labute approximate surface area is 151 Å². The zero-order valence-electron chi connectivity index (χ0n) is 13.6. The number of hydrogen-bond acceptors (Lipinski definition) is 5. The van der Waals surface area contributed by atoms with E-state index in [9.17, 15) is 13.2 Å². The number of carbonyl (C=O) groups excluding carboxylic acids is 1. The second-order valence-corrected chi connectivity index (χ2v) is 8.63. The van der Waals surface area contributed by atoms with Crippen molar-refractivity contribution in [3.8, 4) is 0 Å². The Balaban J connectivity index is 1.44. The average Bonchev–Trinajstić information content (AvgIpc) is 3.24. The molecule has 1 heterocycles. The predicted molar refractivity (Wildman–Crippen MR) is 97.0 cm³/mol. The fourth-order valence-corrected chi connectivity index (χ4v) is 4.24. The lowest BCUT2D eigenvalue weighted by atomic mass is 10.2. The van der Waals surface area contributed by atoms with Crippen molar-refractivity contribution in [3.05, 3.63) is 54.0 Å². The minimum atomic E-state index is -3.48. The van der Waals surface area contributed by atoms with Gasteiger partial charge >= 0.3 is 0 Å². The molecule has 134 valence electrons. The quantitative estimate of drug-likeness (QED) is 0.652. The van der Waals surface area contributed by atoms with E-state index in [-0.39, 0.29) is 16.8 Å². The zero-order valence-corrected chi connectivity index (χ0v) is 15.2. The number of thioether (sulfide) groups is 1. The fraction of sp³-hybridized carbons (Fsp3) is 0.353. The molecule has 1 saturated carbocycles. The average molecular weight is 380 g/mol. The molecule has 0 unspecified atom stereocenters. The fourth-order valence-electron chi connectivity index (χ4n) is 2.18. The first-order valence-corrected chi connectivity index (χ1v) is 10.7. The molecule has 1 aromatic carbocycles. The first kappa shape index (κ1) is 18.0. The van der Waals surface area contributed by atoms with Gasteiger partial charge in [0.25, 0.3) is 5.91 Å². The van der Waals surface area contributed by atoms with E-state index >= 15 is 0 Å². The Bertz CT molecular complexity index is 798. The molecular weight excluding hydrogens is 360 g/mol. The van der Waals surface area contributed by atoms with E-state index in [1.54, 1.807) is 18.0 Å². The van der Waals surface area contributed by atoms with Crippen LogP contribution in [-0.2, 0) is 15.8 Å². The highest BCUT2D eigenvalue weighted by molar-refractivity contribution is 7.98. The lowest BCUT2D eigenvalue weighted by molar-refractivity contribution is 0.0956. The minimum absolute atomic E-state index is 0.0617. The molecule has 1 aromatic heterocycles. The first-order chi connectivity index (χ1) is 12.0. The van der Waals surface area contributed by atoms with Crippen LogP contribution in [0.1, 0.15) is 29.0 Å². The third-order valence-corrected chi connectivity index (χ3v) is 6.20. The van der Waals surface area contributed by atoms with Crippen LogP contribution in [0.15, 0.2) is 52.0 Å². The van der Waals surface area contributed by atoms with Gasteiger partial charge in [0, 0.05) is 23.9 Å². The van der Waals surface area contributed by atoms with Gasteiger partial charge in [-0.05, 0) is 49.2 Å². The van der Waals surface area contributed by atoms with Crippen LogP contribution in [0.3, 0.4) is 0 Å². The van der Waals surface area contributed by atoms with Crippen molar-refractivity contribution in [1.82, 2.24) is 10.0 Å². The summed E-state index contributed by atoms with van der Waals surface area (Å²) in [5.41, 5.74) is 0.446. The number of amides is 1. The normalized spacial score (nSPS) is 14.4. The van der Waals surface area contributed by atoms with Crippen molar-refractivity contribution < 1.29 is 17.6 Å². The zero-order chi connectivity index (χ0) is 17.7. The lowest BCUT2D eigenvalue weighted by Gasteiger charge is -2.07. The number of hydrogen-bond donors (Lipinski definition) is 2. The molecule has 1 amide bonds. The summed E-state index contributed by atoms with van der Waals surface area (Å²) in [4.78, 5) is 12.3. The lowest BCUT2D eigenvalue weighted by Crippen LogP contribution is -2.27. The third-order valence-electron chi connectivity index (χ3n) is 3.68. The van der Waals surface area contributed by atoms with Gasteiger partial charge in [-0.1, -0.05) is 0 Å². The van der Waals surface area contributed by atoms with Crippen LogP contribution in [0.5, 0.6) is 0 Å². The van der Waals surface area contributed by atoms with E-state index in [1.165, 1.54) is 24.3 Å². The van der Waals surface area contributed by atoms with Crippen LogP contribution < -0.4 is 10.0 Å². The molecule has 0 saturated heterocycles. The van der Waals surface area contributed by atoms with Gasteiger partial charge in [0.2, 0.25) is 10.0 Å². The number of carbonyl (C=O) groups is 1. The molecule has 1 aliphatic rings. The smallest absolute Gasteiger partial charge is 0.251 e. The molecule has 1 aliphatic carbocycles. The molecule has 8 heteroatoms. The van der Waals surface area contributed by atoms with Crippen LogP contribution in [0, 0.1) is 0 Å². The summed E-state index contributed by atoms with van der Waals surface area (Å²) in [6, 6.07) is 9.82. The number of benzene rings is 1. The van der Waals surface area contributed by atoms with E-state index in [2.05, 4.69) is 10.0 Å². The summed E-state index contributed by atoms with van der Waals surface area (Å²) in [7, 11) is -3.48. The summed E-state index contributed by atoms with van der Waals surface area (Å²) >= 11 is 1.67. The first-order valence-electron chi connectivity index (χ1n) is 8.05. The van der Waals surface area contributed by atoms with Crippen LogP contribution in [0.4, 0.5) is 0 Å². The van der Waals surface area contributed by atoms with Crippen LogP contribution in [0.25, 0.3) is 0 Å². The van der Waals surface area contributed by atoms with E-state index in [0.717, 1.165) is 30.1 Å². The van der Waals surface area contributed by atoms with Gasteiger partial charge in [-0.2, -0.15) is 11.8 Å². The van der Waals surface area contributed by atoms with Crippen molar-refractivity contribution >= 4 is 27.7 Å². The molecule has 0 radical (unpaired) electrons. The van der Waals surface area contributed by atoms with Crippen molar-refractivity contribution in [2.45, 2.75) is 29.5 Å². The molecule has 2 aromatic rings. The third kappa shape index (κ3) is 5.35. The van der Waals surface area contributed by atoms with Crippen LogP contribution in [-0.4, -0.2) is 32.7 Å². The Morgan fingerprint density at radius 3 is 2.60 bits per heavy atom. The SMILES string of the molecule is O=C(NCCSCc1ccco1)c1ccc(S(=O)(=O)NC2CC2)cc1. The van der Waals surface area contributed by atoms with Crippen molar-refractivity contribution in [1.29, 1.82) is 0 Å². The molecule has 2 N–H and O–H groups in total. The summed E-state index contributed by atoms with van der Waals surface area (Å²) in [6.07, 6.45) is 3.41. The topological polar surface area (TPSA) is 88.4 Å². The maximum absolute atomic E-state index is 12.1. The molecule has 0 atom stereocenters.